The van der Waals surface area contributed by atoms with Gasteiger partial charge in [-0.1, -0.05) is 34.6 Å². The number of H-pyrrole nitrogens is 1. The first-order chi connectivity index (χ1) is 6.79. The molecule has 0 radical (unpaired) electrons. The zero-order valence-electron chi connectivity index (χ0n) is 10.2. The molecule has 1 aromatic rings. The molecule has 0 spiro atoms. The van der Waals surface area contributed by atoms with E-state index in [0.29, 0.717) is 5.92 Å². The first-order valence-electron chi connectivity index (χ1n) is 5.58. The van der Waals surface area contributed by atoms with Gasteiger partial charge in [-0.25, -0.2) is 0 Å². The van der Waals surface area contributed by atoms with Crippen molar-refractivity contribution in [3.63, 3.8) is 0 Å². The Bertz CT molecular complexity index is 253. The molecule has 0 fully saturated rings. The summed E-state index contributed by atoms with van der Waals surface area (Å²) in [6, 6.07) is 0. The quantitative estimate of drug-likeness (QED) is 0.670. The van der Waals surface area contributed by atoms with Crippen molar-refractivity contribution in [2.24, 2.45) is 0 Å². The Balaban J connectivity index is 0.000000379. The second-order valence-corrected chi connectivity index (χ2v) is 2.89. The number of anilines is 1. The highest BCUT2D eigenvalue weighted by Gasteiger charge is 2.22. The smallest absolute Gasteiger partial charge is 0.151 e. The van der Waals surface area contributed by atoms with E-state index < -0.39 is 0 Å². The third-order valence-electron chi connectivity index (χ3n) is 2.06. The molecule has 0 amide bonds. The fraction of sp³-hybridized carbons (Fsp3) is 0.727. The predicted octanol–water partition coefficient (Wildman–Crippen LogP) is 3.30. The van der Waals surface area contributed by atoms with Crippen LogP contribution in [-0.2, 0) is 0 Å². The highest BCUT2D eigenvalue weighted by Crippen LogP contribution is 2.30. The van der Waals surface area contributed by atoms with E-state index in [0.717, 1.165) is 12.4 Å². The highest BCUT2D eigenvalue weighted by molar-refractivity contribution is 5.53. The zero-order valence-corrected chi connectivity index (χ0v) is 10.2. The van der Waals surface area contributed by atoms with Crippen LogP contribution in [0, 0.1) is 6.92 Å². The summed E-state index contributed by atoms with van der Waals surface area (Å²) in [6.07, 6.45) is 0. The van der Waals surface area contributed by atoms with Crippen molar-refractivity contribution in [2.75, 3.05) is 11.9 Å². The molecule has 2 heterocycles. The van der Waals surface area contributed by atoms with Gasteiger partial charge in [0.05, 0.1) is 0 Å². The maximum atomic E-state index is 4.11. The Hall–Kier alpha value is -0.990. The number of aromatic nitrogens is 2. The van der Waals surface area contributed by atoms with Gasteiger partial charge in [-0.05, 0) is 6.92 Å². The highest BCUT2D eigenvalue weighted by atomic mass is 15.2. The van der Waals surface area contributed by atoms with E-state index in [1.807, 2.05) is 27.7 Å². The van der Waals surface area contributed by atoms with Crippen LogP contribution in [0.25, 0.3) is 0 Å². The van der Waals surface area contributed by atoms with Crippen molar-refractivity contribution >= 4 is 5.82 Å². The molecule has 1 aliphatic rings. The van der Waals surface area contributed by atoms with Gasteiger partial charge in [0.2, 0.25) is 0 Å². The first kappa shape index (κ1) is 13.0. The molecular formula is C11H23N3. The molecular weight excluding hydrogens is 174 g/mol. The van der Waals surface area contributed by atoms with E-state index in [9.17, 15) is 0 Å². The molecule has 1 atom stereocenters. The molecule has 1 unspecified atom stereocenters. The fourth-order valence-electron chi connectivity index (χ4n) is 1.53. The normalized spacial score (nSPS) is 16.9. The van der Waals surface area contributed by atoms with Gasteiger partial charge in [-0.3, -0.25) is 5.10 Å². The third kappa shape index (κ3) is 2.50. The summed E-state index contributed by atoms with van der Waals surface area (Å²) in [5, 5.41) is 10.3. The summed E-state index contributed by atoms with van der Waals surface area (Å²) in [4.78, 5) is 0. The van der Waals surface area contributed by atoms with Crippen LogP contribution in [0.3, 0.4) is 0 Å². The summed E-state index contributed by atoms with van der Waals surface area (Å²) >= 11 is 0. The van der Waals surface area contributed by atoms with E-state index in [1.165, 1.54) is 11.3 Å². The van der Waals surface area contributed by atoms with E-state index in [-0.39, 0.29) is 0 Å². The van der Waals surface area contributed by atoms with Crippen molar-refractivity contribution < 1.29 is 0 Å². The standard InChI is InChI=1S/C7H11N3.2C2H6/c1-4-3-8-7-6(4)5(2)9-10-7;2*1-2/h4H,3H2,1-2H3,(H2,8,9,10);2*1-2H3. The van der Waals surface area contributed by atoms with Crippen LogP contribution >= 0.6 is 0 Å². The predicted molar refractivity (Wildman–Crippen MR) is 62.9 cm³/mol. The number of hydrogen-bond donors (Lipinski definition) is 2. The molecule has 3 heteroatoms. The van der Waals surface area contributed by atoms with Crippen LogP contribution in [0.5, 0.6) is 0 Å². The molecule has 0 saturated heterocycles. The minimum Gasteiger partial charge on any atom is -0.368 e. The van der Waals surface area contributed by atoms with E-state index in [1.54, 1.807) is 0 Å². The lowest BCUT2D eigenvalue weighted by atomic mass is 10.1. The van der Waals surface area contributed by atoms with E-state index in [4.69, 9.17) is 0 Å². The molecule has 2 N–H and O–H groups in total. The molecule has 0 bridgehead atoms. The molecule has 82 valence electrons. The molecule has 0 aliphatic carbocycles. The number of nitrogens with zero attached hydrogens (tertiary/aromatic N) is 1. The van der Waals surface area contributed by atoms with Gasteiger partial charge in [0.1, 0.15) is 0 Å². The van der Waals surface area contributed by atoms with Crippen LogP contribution in [0.15, 0.2) is 0 Å². The minimum atomic E-state index is 0.619. The largest absolute Gasteiger partial charge is 0.368 e. The third-order valence-corrected chi connectivity index (χ3v) is 2.06. The van der Waals surface area contributed by atoms with Gasteiger partial charge < -0.3 is 5.32 Å². The molecule has 1 aromatic heterocycles. The van der Waals surface area contributed by atoms with Gasteiger partial charge >= 0.3 is 0 Å². The van der Waals surface area contributed by atoms with Crippen LogP contribution in [0.1, 0.15) is 51.8 Å². The maximum absolute atomic E-state index is 4.11. The molecule has 3 nitrogen and oxygen atoms in total. The number of fused-ring (bicyclic) bond motifs is 1. The second kappa shape index (κ2) is 6.46. The number of rotatable bonds is 0. The Morgan fingerprint density at radius 3 is 2.29 bits per heavy atom. The van der Waals surface area contributed by atoms with Crippen molar-refractivity contribution in [3.8, 4) is 0 Å². The van der Waals surface area contributed by atoms with Crippen LogP contribution in [0.4, 0.5) is 5.82 Å². The van der Waals surface area contributed by atoms with Crippen molar-refractivity contribution in [1.29, 1.82) is 0 Å². The van der Waals surface area contributed by atoms with Crippen LogP contribution < -0.4 is 5.32 Å². The molecule has 14 heavy (non-hydrogen) atoms. The van der Waals surface area contributed by atoms with E-state index in [2.05, 4.69) is 29.4 Å². The van der Waals surface area contributed by atoms with Gasteiger partial charge in [0.25, 0.3) is 0 Å². The molecule has 2 rings (SSSR count). The average molecular weight is 197 g/mol. The Kier molecular flexibility index (Phi) is 6.00. The first-order valence-corrected chi connectivity index (χ1v) is 5.58. The Morgan fingerprint density at radius 2 is 1.79 bits per heavy atom. The molecule has 1 aliphatic heterocycles. The Morgan fingerprint density at radius 1 is 1.21 bits per heavy atom. The van der Waals surface area contributed by atoms with Crippen LogP contribution in [0.2, 0.25) is 0 Å². The lowest BCUT2D eigenvalue weighted by Gasteiger charge is -1.98. The van der Waals surface area contributed by atoms with Crippen molar-refractivity contribution in [2.45, 2.75) is 47.5 Å². The maximum Gasteiger partial charge on any atom is 0.151 e. The van der Waals surface area contributed by atoms with Gasteiger partial charge in [0.15, 0.2) is 5.82 Å². The fourth-order valence-corrected chi connectivity index (χ4v) is 1.53. The van der Waals surface area contributed by atoms with Crippen LogP contribution in [-0.4, -0.2) is 16.7 Å². The lowest BCUT2D eigenvalue weighted by molar-refractivity contribution is 0.834. The van der Waals surface area contributed by atoms with E-state index >= 15 is 0 Å². The number of aryl methyl sites for hydroxylation is 1. The number of aromatic amines is 1. The van der Waals surface area contributed by atoms with Crippen molar-refractivity contribution in [1.82, 2.24) is 10.2 Å². The number of nitrogens with one attached hydrogen (secondary N) is 2. The summed E-state index contributed by atoms with van der Waals surface area (Å²) in [7, 11) is 0. The SMILES string of the molecule is CC.CC.Cc1[nH]nc2c1C(C)CN2. The zero-order chi connectivity index (χ0) is 11.1. The van der Waals surface area contributed by atoms with Crippen molar-refractivity contribution in [3.05, 3.63) is 11.3 Å². The number of hydrogen-bond acceptors (Lipinski definition) is 2. The summed E-state index contributed by atoms with van der Waals surface area (Å²) in [5.41, 5.74) is 2.56. The summed E-state index contributed by atoms with van der Waals surface area (Å²) in [5.74, 6) is 1.67. The second-order valence-electron chi connectivity index (χ2n) is 2.89. The van der Waals surface area contributed by atoms with Gasteiger partial charge in [-0.15, -0.1) is 0 Å². The Labute approximate surface area is 87.3 Å². The van der Waals surface area contributed by atoms with Gasteiger partial charge in [0, 0.05) is 23.7 Å². The molecule has 0 saturated carbocycles. The topological polar surface area (TPSA) is 40.7 Å². The minimum absolute atomic E-state index is 0.619. The average Bonchev–Trinajstić information content (AvgIpc) is 2.79. The summed E-state index contributed by atoms with van der Waals surface area (Å²) < 4.78 is 0. The monoisotopic (exact) mass is 197 g/mol. The summed E-state index contributed by atoms with van der Waals surface area (Å²) in [6.45, 7) is 13.3. The molecule has 0 aromatic carbocycles. The lowest BCUT2D eigenvalue weighted by Crippen LogP contribution is -1.99. The van der Waals surface area contributed by atoms with Gasteiger partial charge in [-0.2, -0.15) is 5.10 Å².